The van der Waals surface area contributed by atoms with Gasteiger partial charge in [0, 0.05) is 11.8 Å². The highest BCUT2D eigenvalue weighted by atomic mass is 16.5. The normalized spacial score (nSPS) is 11.2. The Hall–Kier alpha value is -1.31. The fraction of sp³-hybridized carbons (Fsp3) is 0.500. The van der Waals surface area contributed by atoms with Crippen molar-refractivity contribution in [3.63, 3.8) is 0 Å². The van der Waals surface area contributed by atoms with Crippen LogP contribution in [0, 0.1) is 5.41 Å². The Balaban J connectivity index is 2.52. The lowest BCUT2D eigenvalue weighted by Crippen LogP contribution is -2.20. The van der Waals surface area contributed by atoms with Crippen LogP contribution in [0.1, 0.15) is 32.8 Å². The van der Waals surface area contributed by atoms with Gasteiger partial charge in [0.25, 0.3) is 0 Å². The van der Waals surface area contributed by atoms with Crippen molar-refractivity contribution in [3.8, 4) is 5.75 Å². The Bertz CT molecular complexity index is 344. The predicted molar refractivity (Wildman–Crippen MR) is 65.8 cm³/mol. The molecule has 0 radical (unpaired) electrons. The number of carbonyl (C=O) groups is 1. The van der Waals surface area contributed by atoms with E-state index in [4.69, 9.17) is 4.74 Å². The molecule has 1 rings (SSSR count). The third-order valence-corrected chi connectivity index (χ3v) is 2.64. The van der Waals surface area contributed by atoms with Crippen LogP contribution in [0.3, 0.4) is 0 Å². The second-order valence-corrected chi connectivity index (χ2v) is 5.02. The maximum atomic E-state index is 11.7. The molecule has 0 bridgehead atoms. The second-order valence-electron chi connectivity index (χ2n) is 5.02. The van der Waals surface area contributed by atoms with Crippen LogP contribution in [0.15, 0.2) is 24.3 Å². The third-order valence-electron chi connectivity index (χ3n) is 2.64. The average Bonchev–Trinajstić information content (AvgIpc) is 2.25. The number of rotatable bonds is 4. The molecule has 1 aromatic rings. The molecule has 0 unspecified atom stereocenters. The Labute approximate surface area is 97.6 Å². The quantitative estimate of drug-likeness (QED) is 0.778. The number of aryl methyl sites for hydroxylation is 1. The van der Waals surface area contributed by atoms with Gasteiger partial charge in [-0.3, -0.25) is 4.79 Å². The van der Waals surface area contributed by atoms with Crippen LogP contribution in [0.5, 0.6) is 5.75 Å². The van der Waals surface area contributed by atoms with Crippen molar-refractivity contribution in [2.24, 2.45) is 5.41 Å². The van der Waals surface area contributed by atoms with Gasteiger partial charge in [-0.1, -0.05) is 32.9 Å². The van der Waals surface area contributed by atoms with Crippen LogP contribution in [-0.2, 0) is 11.2 Å². The largest absolute Gasteiger partial charge is 0.497 e. The number of Topliss-reactive ketones (excluding diaryl/α,β-unsaturated/α-hetero) is 1. The molecule has 0 saturated heterocycles. The summed E-state index contributed by atoms with van der Waals surface area (Å²) in [6.07, 6.45) is 1.41. The lowest BCUT2D eigenvalue weighted by Gasteiger charge is -2.16. The van der Waals surface area contributed by atoms with Crippen LogP contribution in [0.2, 0.25) is 0 Å². The first-order valence-corrected chi connectivity index (χ1v) is 5.59. The fourth-order valence-electron chi connectivity index (χ4n) is 1.43. The molecule has 0 spiro atoms. The van der Waals surface area contributed by atoms with Gasteiger partial charge in [-0.25, -0.2) is 0 Å². The van der Waals surface area contributed by atoms with Gasteiger partial charge < -0.3 is 4.74 Å². The maximum absolute atomic E-state index is 11.7. The Morgan fingerprint density at radius 2 is 1.75 bits per heavy atom. The van der Waals surface area contributed by atoms with Crippen LogP contribution in [0.25, 0.3) is 0 Å². The monoisotopic (exact) mass is 220 g/mol. The highest BCUT2D eigenvalue weighted by molar-refractivity contribution is 5.83. The van der Waals surface area contributed by atoms with Crippen molar-refractivity contribution in [1.29, 1.82) is 0 Å². The number of hydrogen-bond acceptors (Lipinski definition) is 2. The molecule has 88 valence electrons. The first kappa shape index (κ1) is 12.8. The van der Waals surface area contributed by atoms with E-state index in [1.807, 2.05) is 45.0 Å². The number of ketones is 1. The molecule has 2 nitrogen and oxygen atoms in total. The molecule has 1 aromatic carbocycles. The molecule has 0 aliphatic heterocycles. The molecule has 0 heterocycles. The highest BCUT2D eigenvalue weighted by Gasteiger charge is 2.20. The molecule has 0 aliphatic carbocycles. The molecular formula is C14H20O2. The third kappa shape index (κ3) is 3.69. The van der Waals surface area contributed by atoms with E-state index in [1.165, 1.54) is 5.56 Å². The Morgan fingerprint density at radius 1 is 1.19 bits per heavy atom. The minimum Gasteiger partial charge on any atom is -0.497 e. The smallest absolute Gasteiger partial charge is 0.138 e. The summed E-state index contributed by atoms with van der Waals surface area (Å²) in [6.45, 7) is 5.88. The van der Waals surface area contributed by atoms with E-state index < -0.39 is 0 Å². The zero-order valence-corrected chi connectivity index (χ0v) is 10.5. The van der Waals surface area contributed by atoms with Crippen molar-refractivity contribution in [2.75, 3.05) is 7.11 Å². The van der Waals surface area contributed by atoms with E-state index in [0.717, 1.165) is 12.2 Å². The topological polar surface area (TPSA) is 26.3 Å². The number of ether oxygens (including phenoxy) is 1. The lowest BCUT2D eigenvalue weighted by atomic mass is 9.87. The second kappa shape index (κ2) is 5.15. The minimum absolute atomic E-state index is 0.230. The van der Waals surface area contributed by atoms with Crippen LogP contribution in [0.4, 0.5) is 0 Å². The molecule has 0 atom stereocenters. The fourth-order valence-corrected chi connectivity index (χ4v) is 1.43. The number of carbonyl (C=O) groups excluding carboxylic acids is 1. The van der Waals surface area contributed by atoms with E-state index in [9.17, 15) is 4.79 Å². The molecule has 0 saturated carbocycles. The van der Waals surface area contributed by atoms with E-state index >= 15 is 0 Å². The van der Waals surface area contributed by atoms with Gasteiger partial charge in [0.2, 0.25) is 0 Å². The molecule has 2 heteroatoms. The highest BCUT2D eigenvalue weighted by Crippen LogP contribution is 2.19. The number of methoxy groups -OCH3 is 1. The van der Waals surface area contributed by atoms with E-state index in [0.29, 0.717) is 12.2 Å². The summed E-state index contributed by atoms with van der Waals surface area (Å²) < 4.78 is 5.08. The van der Waals surface area contributed by atoms with Crippen molar-refractivity contribution >= 4 is 5.78 Å². The molecule has 0 N–H and O–H groups in total. The van der Waals surface area contributed by atoms with E-state index in [-0.39, 0.29) is 5.41 Å². The zero-order chi connectivity index (χ0) is 12.2. The SMILES string of the molecule is COc1ccc(CCC(=O)C(C)(C)C)cc1. The van der Waals surface area contributed by atoms with Gasteiger partial charge in [-0.05, 0) is 24.1 Å². The predicted octanol–water partition coefficient (Wildman–Crippen LogP) is 3.24. The van der Waals surface area contributed by atoms with Crippen molar-refractivity contribution in [2.45, 2.75) is 33.6 Å². The van der Waals surface area contributed by atoms with Gasteiger partial charge in [0.1, 0.15) is 11.5 Å². The zero-order valence-electron chi connectivity index (χ0n) is 10.5. The maximum Gasteiger partial charge on any atom is 0.138 e. The molecule has 0 aromatic heterocycles. The summed E-state index contributed by atoms with van der Waals surface area (Å²) in [6, 6.07) is 7.87. The first-order valence-electron chi connectivity index (χ1n) is 5.59. The van der Waals surface area contributed by atoms with Crippen LogP contribution < -0.4 is 4.74 Å². The summed E-state index contributed by atoms with van der Waals surface area (Å²) in [4.78, 5) is 11.7. The minimum atomic E-state index is -0.230. The van der Waals surface area contributed by atoms with Crippen molar-refractivity contribution in [1.82, 2.24) is 0 Å². The van der Waals surface area contributed by atoms with Crippen molar-refractivity contribution < 1.29 is 9.53 Å². The standard InChI is InChI=1S/C14H20O2/c1-14(2,3)13(15)10-7-11-5-8-12(16-4)9-6-11/h5-6,8-9H,7,10H2,1-4H3. The Kier molecular flexibility index (Phi) is 4.11. The van der Waals surface area contributed by atoms with Gasteiger partial charge >= 0.3 is 0 Å². The summed E-state index contributed by atoms with van der Waals surface area (Å²) in [7, 11) is 1.65. The van der Waals surface area contributed by atoms with Crippen molar-refractivity contribution in [3.05, 3.63) is 29.8 Å². The van der Waals surface area contributed by atoms with Crippen LogP contribution >= 0.6 is 0 Å². The van der Waals surface area contributed by atoms with E-state index in [2.05, 4.69) is 0 Å². The van der Waals surface area contributed by atoms with Gasteiger partial charge in [-0.2, -0.15) is 0 Å². The molecular weight excluding hydrogens is 200 g/mol. The van der Waals surface area contributed by atoms with Gasteiger partial charge in [0.15, 0.2) is 0 Å². The van der Waals surface area contributed by atoms with Crippen LogP contribution in [-0.4, -0.2) is 12.9 Å². The molecule has 16 heavy (non-hydrogen) atoms. The molecule has 0 aliphatic rings. The molecule has 0 amide bonds. The average molecular weight is 220 g/mol. The van der Waals surface area contributed by atoms with Gasteiger partial charge in [-0.15, -0.1) is 0 Å². The Morgan fingerprint density at radius 3 is 2.19 bits per heavy atom. The van der Waals surface area contributed by atoms with Gasteiger partial charge in [0.05, 0.1) is 7.11 Å². The van der Waals surface area contributed by atoms with E-state index in [1.54, 1.807) is 7.11 Å². The summed E-state index contributed by atoms with van der Waals surface area (Å²) in [5.41, 5.74) is 0.949. The number of benzene rings is 1. The molecule has 0 fully saturated rings. The lowest BCUT2D eigenvalue weighted by molar-refractivity contribution is -0.126. The number of hydrogen-bond donors (Lipinski definition) is 0. The summed E-state index contributed by atoms with van der Waals surface area (Å²) in [5.74, 6) is 1.16. The summed E-state index contributed by atoms with van der Waals surface area (Å²) >= 11 is 0. The summed E-state index contributed by atoms with van der Waals surface area (Å²) in [5, 5.41) is 0. The first-order chi connectivity index (χ1) is 7.43.